The third-order valence-electron chi connectivity index (χ3n) is 8.03. The average molecular weight is 457 g/mol. The van der Waals surface area contributed by atoms with Crippen LogP contribution in [0.25, 0.3) is 5.78 Å². The van der Waals surface area contributed by atoms with E-state index in [1.165, 1.54) is 31.0 Å². The molecule has 0 radical (unpaired) electrons. The summed E-state index contributed by atoms with van der Waals surface area (Å²) in [6.45, 7) is 5.67. The monoisotopic (exact) mass is 456 g/mol. The Morgan fingerprint density at radius 3 is 2.34 bits per heavy atom. The minimum Gasteiger partial charge on any atom is -0.455 e. The quantitative estimate of drug-likeness (QED) is 0.458. The molecular formula is C24H32N4O3S. The number of esters is 1. The Balaban J connectivity index is 1.23. The van der Waals surface area contributed by atoms with Gasteiger partial charge >= 0.3 is 5.97 Å². The van der Waals surface area contributed by atoms with Crippen molar-refractivity contribution >= 4 is 29.3 Å². The zero-order valence-electron chi connectivity index (χ0n) is 19.4. The van der Waals surface area contributed by atoms with Crippen molar-refractivity contribution in [2.45, 2.75) is 83.4 Å². The first-order valence-electron chi connectivity index (χ1n) is 11.8. The summed E-state index contributed by atoms with van der Waals surface area (Å²) < 4.78 is 7.40. The number of ketones is 1. The molecule has 2 aromatic heterocycles. The lowest BCUT2D eigenvalue weighted by Gasteiger charge is -2.56. The van der Waals surface area contributed by atoms with Crippen molar-refractivity contribution in [3.8, 4) is 0 Å². The van der Waals surface area contributed by atoms with Crippen molar-refractivity contribution in [2.24, 2.45) is 23.2 Å². The number of thioether (sulfide) groups is 1. The molecule has 4 aliphatic rings. The van der Waals surface area contributed by atoms with Gasteiger partial charge in [-0.05, 0) is 95.3 Å². The van der Waals surface area contributed by atoms with Crippen LogP contribution in [0.3, 0.4) is 0 Å². The van der Waals surface area contributed by atoms with Gasteiger partial charge in [0, 0.05) is 23.2 Å². The molecule has 32 heavy (non-hydrogen) atoms. The number of hydrogen-bond acceptors (Lipinski definition) is 7. The normalized spacial score (nSPS) is 29.4. The molecule has 8 heteroatoms. The predicted molar refractivity (Wildman–Crippen MR) is 122 cm³/mol. The second-order valence-electron chi connectivity index (χ2n) is 10.3. The van der Waals surface area contributed by atoms with Gasteiger partial charge in [0.05, 0.1) is 0 Å². The lowest BCUT2D eigenvalue weighted by atomic mass is 9.48. The van der Waals surface area contributed by atoms with Gasteiger partial charge in [-0.25, -0.2) is 9.50 Å². The lowest BCUT2D eigenvalue weighted by Crippen LogP contribution is -2.52. The number of hydrogen-bond donors (Lipinski definition) is 0. The molecule has 1 atom stereocenters. The molecule has 4 fully saturated rings. The average Bonchev–Trinajstić information content (AvgIpc) is 3.15. The Morgan fingerprint density at radius 2 is 1.75 bits per heavy atom. The van der Waals surface area contributed by atoms with Crippen LogP contribution in [-0.2, 0) is 20.7 Å². The summed E-state index contributed by atoms with van der Waals surface area (Å²) in [5.74, 6) is 2.51. The fraction of sp³-hybridized carbons (Fsp3) is 0.708. The molecule has 1 unspecified atom stereocenters. The molecule has 4 aliphatic carbocycles. The zero-order valence-corrected chi connectivity index (χ0v) is 20.2. The summed E-state index contributed by atoms with van der Waals surface area (Å²) in [4.78, 5) is 35.0. The van der Waals surface area contributed by atoms with E-state index in [4.69, 9.17) is 4.74 Å². The molecule has 0 aromatic carbocycles. The predicted octanol–water partition coefficient (Wildman–Crippen LogP) is 4.11. The van der Waals surface area contributed by atoms with Crippen LogP contribution in [0, 0.1) is 37.0 Å². The molecule has 6 rings (SSSR count). The van der Waals surface area contributed by atoms with E-state index in [0.29, 0.717) is 35.1 Å². The van der Waals surface area contributed by atoms with Gasteiger partial charge in [0.15, 0.2) is 11.9 Å². The topological polar surface area (TPSA) is 86.5 Å². The van der Waals surface area contributed by atoms with Gasteiger partial charge < -0.3 is 4.74 Å². The van der Waals surface area contributed by atoms with Gasteiger partial charge in [-0.1, -0.05) is 11.8 Å². The van der Waals surface area contributed by atoms with E-state index in [9.17, 15) is 9.59 Å². The number of aryl methyl sites for hydroxylation is 2. The van der Waals surface area contributed by atoms with E-state index in [0.717, 1.165) is 36.2 Å². The highest BCUT2D eigenvalue weighted by molar-refractivity contribution is 7.98. The van der Waals surface area contributed by atoms with Crippen LogP contribution in [0.4, 0.5) is 0 Å². The van der Waals surface area contributed by atoms with Gasteiger partial charge in [0.2, 0.25) is 5.16 Å². The van der Waals surface area contributed by atoms with Gasteiger partial charge in [0.25, 0.3) is 5.78 Å². The summed E-state index contributed by atoms with van der Waals surface area (Å²) in [5, 5.41) is 5.14. The maximum absolute atomic E-state index is 13.4. The van der Waals surface area contributed by atoms with Gasteiger partial charge in [-0.15, -0.1) is 5.10 Å². The van der Waals surface area contributed by atoms with Crippen LogP contribution in [0.15, 0.2) is 5.16 Å². The molecule has 0 spiro atoms. The van der Waals surface area contributed by atoms with Crippen molar-refractivity contribution in [3.63, 3.8) is 0 Å². The summed E-state index contributed by atoms with van der Waals surface area (Å²) >= 11 is 1.47. The highest BCUT2D eigenvalue weighted by atomic mass is 32.2. The molecule has 0 N–H and O–H groups in total. The van der Waals surface area contributed by atoms with Crippen molar-refractivity contribution in [1.82, 2.24) is 19.6 Å². The molecule has 2 aromatic rings. The van der Waals surface area contributed by atoms with E-state index in [2.05, 4.69) is 15.1 Å². The van der Waals surface area contributed by atoms with Crippen LogP contribution in [0.5, 0.6) is 0 Å². The van der Waals surface area contributed by atoms with E-state index in [-0.39, 0.29) is 23.6 Å². The first-order chi connectivity index (χ1) is 15.3. The minimum absolute atomic E-state index is 0.160. The first-order valence-corrected chi connectivity index (χ1v) is 13.0. The number of nitrogens with zero attached hydrogens (tertiary/aromatic N) is 4. The summed E-state index contributed by atoms with van der Waals surface area (Å²) in [6, 6.07) is 0. The van der Waals surface area contributed by atoms with Crippen molar-refractivity contribution in [3.05, 3.63) is 17.0 Å². The molecule has 0 aliphatic heterocycles. The highest BCUT2D eigenvalue weighted by Crippen LogP contribution is 2.60. The number of fused-ring (bicyclic) bond motifs is 1. The highest BCUT2D eigenvalue weighted by Gasteiger charge is 2.55. The second-order valence-corrected chi connectivity index (χ2v) is 11.0. The van der Waals surface area contributed by atoms with Crippen molar-refractivity contribution < 1.29 is 14.3 Å². The van der Waals surface area contributed by atoms with E-state index >= 15 is 0 Å². The summed E-state index contributed by atoms with van der Waals surface area (Å²) in [5.41, 5.74) is 2.52. The Kier molecular flexibility index (Phi) is 5.55. The molecule has 0 amide bonds. The van der Waals surface area contributed by atoms with E-state index in [1.807, 2.05) is 20.1 Å². The SMILES string of the molecule is CSc1nc2nc(C)c(CCC(=O)OC(C)C(=O)C34CC5CC(CC(C5)C3)C4)c(C)n2n1. The molecular weight excluding hydrogens is 424 g/mol. The van der Waals surface area contributed by atoms with Gasteiger partial charge in [-0.2, -0.15) is 4.98 Å². The molecule has 2 heterocycles. The minimum atomic E-state index is -0.666. The Labute approximate surface area is 193 Å². The van der Waals surface area contributed by atoms with Crippen LogP contribution in [0.1, 0.15) is 68.8 Å². The second kappa shape index (κ2) is 8.12. The maximum atomic E-state index is 13.4. The molecule has 7 nitrogen and oxygen atoms in total. The molecule has 4 saturated carbocycles. The maximum Gasteiger partial charge on any atom is 0.306 e. The van der Waals surface area contributed by atoms with E-state index in [1.54, 1.807) is 11.4 Å². The largest absolute Gasteiger partial charge is 0.455 e. The number of carbonyl (C=O) groups excluding carboxylic acids is 2. The van der Waals surface area contributed by atoms with Gasteiger partial charge in [-0.3, -0.25) is 9.59 Å². The first kappa shape index (κ1) is 21.9. The van der Waals surface area contributed by atoms with Crippen LogP contribution >= 0.6 is 11.8 Å². The Hall–Kier alpha value is -1.96. The number of carbonyl (C=O) groups is 2. The van der Waals surface area contributed by atoms with Gasteiger partial charge in [0.1, 0.15) is 0 Å². The van der Waals surface area contributed by atoms with E-state index < -0.39 is 6.10 Å². The third kappa shape index (κ3) is 3.74. The number of ether oxygens (including phenoxy) is 1. The standard InChI is InChI=1S/C24H32N4O3S/c1-13-19(14(2)28-22(25-13)26-23(27-28)32-4)5-6-20(29)31-15(3)21(30)24-10-16-7-17(11-24)9-18(8-16)12-24/h15-18H,5-12H2,1-4H3. The number of rotatable bonds is 7. The van der Waals surface area contributed by atoms with Crippen molar-refractivity contribution in [2.75, 3.05) is 6.26 Å². The fourth-order valence-electron chi connectivity index (χ4n) is 7.02. The lowest BCUT2D eigenvalue weighted by molar-refractivity contribution is -0.165. The molecule has 172 valence electrons. The van der Waals surface area contributed by atoms with Crippen molar-refractivity contribution in [1.29, 1.82) is 0 Å². The fourth-order valence-corrected chi connectivity index (χ4v) is 7.35. The third-order valence-corrected chi connectivity index (χ3v) is 8.57. The number of aromatic nitrogens is 4. The Bertz CT molecular complexity index is 1040. The molecule has 0 saturated heterocycles. The van der Waals surface area contributed by atoms with Crippen LogP contribution < -0.4 is 0 Å². The van der Waals surface area contributed by atoms with Crippen LogP contribution in [-0.4, -0.2) is 43.7 Å². The summed E-state index contributed by atoms with van der Waals surface area (Å²) in [6.07, 6.45) is 8.87. The smallest absolute Gasteiger partial charge is 0.306 e. The summed E-state index contributed by atoms with van der Waals surface area (Å²) in [7, 11) is 0. The number of Topliss-reactive ketones (excluding diaryl/α,β-unsaturated/α-hetero) is 1. The van der Waals surface area contributed by atoms with Crippen LogP contribution in [0.2, 0.25) is 0 Å². The Morgan fingerprint density at radius 1 is 1.12 bits per heavy atom. The zero-order chi connectivity index (χ0) is 22.6. The molecule has 4 bridgehead atoms.